The summed E-state index contributed by atoms with van der Waals surface area (Å²) in [5.74, 6) is 0. The second kappa shape index (κ2) is 6.02. The van der Waals surface area contributed by atoms with Crippen LogP contribution in [0.5, 0.6) is 0 Å². The minimum atomic E-state index is -1.55. The van der Waals surface area contributed by atoms with Gasteiger partial charge in [-0.05, 0) is 20.8 Å². The molecular weight excluding hydrogens is 258 g/mol. The lowest BCUT2D eigenvalue weighted by Gasteiger charge is -2.40. The lowest BCUT2D eigenvalue weighted by atomic mass is 9.97. The van der Waals surface area contributed by atoms with Crippen molar-refractivity contribution in [3.8, 4) is 0 Å². The van der Waals surface area contributed by atoms with Crippen LogP contribution in [0, 0.1) is 0 Å². The Labute approximate surface area is 110 Å². The first-order valence-corrected chi connectivity index (χ1v) is 5.95. The number of aliphatic hydroxyl groups is 4. The number of hydrogen-bond donors (Lipinski definition) is 5. The van der Waals surface area contributed by atoms with Crippen LogP contribution in [0.1, 0.15) is 20.8 Å². The number of carbonyl (C=O) groups excluding carboxylic acids is 1. The molecule has 0 aliphatic carbocycles. The predicted molar refractivity (Wildman–Crippen MR) is 63.1 cm³/mol. The van der Waals surface area contributed by atoms with Crippen molar-refractivity contribution in [2.24, 2.45) is 0 Å². The minimum absolute atomic E-state index is 0.561. The zero-order valence-electron chi connectivity index (χ0n) is 11.1. The van der Waals surface area contributed by atoms with E-state index in [4.69, 9.17) is 14.6 Å². The van der Waals surface area contributed by atoms with E-state index in [1.807, 2.05) is 0 Å². The first-order valence-electron chi connectivity index (χ1n) is 5.95. The second-order valence-corrected chi connectivity index (χ2v) is 5.40. The van der Waals surface area contributed by atoms with Gasteiger partial charge in [-0.15, -0.1) is 0 Å². The van der Waals surface area contributed by atoms with E-state index in [0.717, 1.165) is 0 Å². The van der Waals surface area contributed by atoms with E-state index in [9.17, 15) is 20.1 Å². The zero-order chi connectivity index (χ0) is 14.8. The van der Waals surface area contributed by atoms with Crippen molar-refractivity contribution in [3.05, 3.63) is 0 Å². The van der Waals surface area contributed by atoms with Crippen molar-refractivity contribution in [1.82, 2.24) is 5.32 Å². The first-order chi connectivity index (χ1) is 8.65. The van der Waals surface area contributed by atoms with Crippen molar-refractivity contribution in [2.45, 2.75) is 57.0 Å². The maximum atomic E-state index is 11.5. The minimum Gasteiger partial charge on any atom is -0.444 e. The molecule has 0 spiro atoms. The zero-order valence-corrected chi connectivity index (χ0v) is 11.1. The molecule has 1 aliphatic heterocycles. The summed E-state index contributed by atoms with van der Waals surface area (Å²) in [5, 5.41) is 40.2. The summed E-state index contributed by atoms with van der Waals surface area (Å²) in [7, 11) is 0. The Bertz CT molecular complexity index is 317. The smallest absolute Gasteiger partial charge is 0.408 e. The van der Waals surface area contributed by atoms with Gasteiger partial charge in [0.15, 0.2) is 6.29 Å². The fraction of sp³-hybridized carbons (Fsp3) is 0.909. The summed E-state index contributed by atoms with van der Waals surface area (Å²) < 4.78 is 9.85. The van der Waals surface area contributed by atoms with Crippen LogP contribution in [0.25, 0.3) is 0 Å². The average Bonchev–Trinajstić information content (AvgIpc) is 2.27. The molecule has 0 bridgehead atoms. The molecule has 0 saturated carbocycles. The largest absolute Gasteiger partial charge is 0.444 e. The number of aliphatic hydroxyl groups excluding tert-OH is 4. The fourth-order valence-corrected chi connectivity index (χ4v) is 1.70. The van der Waals surface area contributed by atoms with E-state index in [2.05, 4.69) is 5.32 Å². The van der Waals surface area contributed by atoms with Crippen LogP contribution in [0.3, 0.4) is 0 Å². The van der Waals surface area contributed by atoms with Gasteiger partial charge in [0, 0.05) is 0 Å². The van der Waals surface area contributed by atoms with Crippen LogP contribution in [0.2, 0.25) is 0 Å². The van der Waals surface area contributed by atoms with E-state index in [1.54, 1.807) is 20.8 Å². The summed E-state index contributed by atoms with van der Waals surface area (Å²) in [6.45, 7) is 4.42. The van der Waals surface area contributed by atoms with Gasteiger partial charge >= 0.3 is 6.09 Å². The molecule has 1 amide bonds. The average molecular weight is 279 g/mol. The van der Waals surface area contributed by atoms with Gasteiger partial charge < -0.3 is 35.2 Å². The third-order valence-electron chi connectivity index (χ3n) is 2.58. The third-order valence-corrected chi connectivity index (χ3v) is 2.58. The van der Waals surface area contributed by atoms with Crippen molar-refractivity contribution >= 4 is 6.09 Å². The van der Waals surface area contributed by atoms with Crippen LogP contribution < -0.4 is 5.32 Å². The summed E-state index contributed by atoms with van der Waals surface area (Å²) in [5.41, 5.74) is -0.734. The van der Waals surface area contributed by atoms with Crippen LogP contribution >= 0.6 is 0 Å². The molecular formula is C11H21NO7. The predicted octanol–water partition coefficient (Wildman–Crippen LogP) is -1.69. The Morgan fingerprint density at radius 3 is 2.32 bits per heavy atom. The normalized spacial score (nSPS) is 35.8. The Morgan fingerprint density at radius 2 is 1.84 bits per heavy atom. The lowest BCUT2D eigenvalue weighted by Crippen LogP contribution is -2.64. The Kier molecular flexibility index (Phi) is 5.11. The van der Waals surface area contributed by atoms with Gasteiger partial charge in [0.2, 0.25) is 0 Å². The lowest BCUT2D eigenvalue weighted by molar-refractivity contribution is -0.253. The van der Waals surface area contributed by atoms with E-state index in [1.165, 1.54) is 0 Å². The van der Waals surface area contributed by atoms with Crippen molar-refractivity contribution in [2.75, 3.05) is 6.61 Å². The highest BCUT2D eigenvalue weighted by Gasteiger charge is 2.44. The van der Waals surface area contributed by atoms with Crippen LogP contribution in [-0.2, 0) is 9.47 Å². The Hall–Kier alpha value is -0.930. The fourth-order valence-electron chi connectivity index (χ4n) is 1.70. The number of hydrogen-bond acceptors (Lipinski definition) is 7. The highest BCUT2D eigenvalue weighted by Crippen LogP contribution is 2.20. The maximum absolute atomic E-state index is 11.5. The van der Waals surface area contributed by atoms with E-state index >= 15 is 0 Å². The molecule has 112 valence electrons. The molecule has 1 fully saturated rings. The molecule has 0 aromatic carbocycles. The van der Waals surface area contributed by atoms with Crippen LogP contribution in [0.4, 0.5) is 4.79 Å². The highest BCUT2D eigenvalue weighted by molar-refractivity contribution is 5.68. The molecule has 2 unspecified atom stereocenters. The Morgan fingerprint density at radius 1 is 1.26 bits per heavy atom. The molecule has 5 N–H and O–H groups in total. The number of alkyl carbamates (subject to hydrolysis) is 1. The highest BCUT2D eigenvalue weighted by atomic mass is 16.6. The van der Waals surface area contributed by atoms with Crippen LogP contribution in [0.15, 0.2) is 0 Å². The number of nitrogens with one attached hydrogen (secondary N) is 1. The van der Waals surface area contributed by atoms with Gasteiger partial charge in [0.25, 0.3) is 0 Å². The molecule has 0 aromatic rings. The topological polar surface area (TPSA) is 128 Å². The van der Waals surface area contributed by atoms with Crippen molar-refractivity contribution < 1.29 is 34.7 Å². The Balaban J connectivity index is 2.65. The molecule has 5 atom stereocenters. The van der Waals surface area contributed by atoms with Gasteiger partial charge in [-0.3, -0.25) is 0 Å². The van der Waals surface area contributed by atoms with Gasteiger partial charge in [0.1, 0.15) is 30.0 Å². The van der Waals surface area contributed by atoms with Crippen molar-refractivity contribution in [1.29, 1.82) is 0 Å². The molecule has 19 heavy (non-hydrogen) atoms. The quantitative estimate of drug-likeness (QED) is 0.408. The standard InChI is InChI=1S/C11H21NO7/c1-11(2,3)19-10(17)12-6-8(15)7(14)5(4-13)18-9(6)16/h5-9,13-16H,4H2,1-3H3,(H,12,17)/t5?,6?,7-,8-,9-/m1/s1. The third kappa shape index (κ3) is 4.29. The molecule has 1 rings (SSSR count). The molecule has 1 saturated heterocycles. The molecule has 8 heteroatoms. The monoisotopic (exact) mass is 279 g/mol. The number of amides is 1. The summed E-state index contributed by atoms with van der Waals surface area (Å²) >= 11 is 0. The number of carbonyl (C=O) groups is 1. The molecule has 8 nitrogen and oxygen atoms in total. The van der Waals surface area contributed by atoms with E-state index in [0.29, 0.717) is 0 Å². The maximum Gasteiger partial charge on any atom is 0.408 e. The van der Waals surface area contributed by atoms with E-state index in [-0.39, 0.29) is 0 Å². The van der Waals surface area contributed by atoms with Crippen LogP contribution in [-0.4, -0.2) is 69.4 Å². The number of rotatable bonds is 2. The van der Waals surface area contributed by atoms with Gasteiger partial charge in [-0.25, -0.2) is 4.79 Å². The van der Waals surface area contributed by atoms with Crippen molar-refractivity contribution in [3.63, 3.8) is 0 Å². The van der Waals surface area contributed by atoms with Gasteiger partial charge in [0.05, 0.1) is 6.61 Å². The first kappa shape index (κ1) is 16.1. The molecule has 0 aromatic heterocycles. The van der Waals surface area contributed by atoms with E-state index < -0.39 is 48.9 Å². The second-order valence-electron chi connectivity index (χ2n) is 5.40. The molecule has 1 heterocycles. The summed E-state index contributed by atoms with van der Waals surface area (Å²) in [6.07, 6.45) is -6.42. The van der Waals surface area contributed by atoms with Gasteiger partial charge in [-0.1, -0.05) is 0 Å². The van der Waals surface area contributed by atoms with Gasteiger partial charge in [-0.2, -0.15) is 0 Å². The SMILES string of the molecule is CC(C)(C)OC(=O)NC1[C@H](O)OC(CO)[C@@H](O)[C@@H]1O. The number of ether oxygens (including phenoxy) is 2. The molecule has 0 radical (unpaired) electrons. The summed E-state index contributed by atoms with van der Waals surface area (Å²) in [4.78, 5) is 11.5. The molecule has 1 aliphatic rings. The summed E-state index contributed by atoms with van der Waals surface area (Å²) in [6, 6.07) is -1.24.